The molecule has 0 aromatic carbocycles. The number of carbonyl (C=O) groups excluding carboxylic acids is 1. The van der Waals surface area contributed by atoms with Crippen LogP contribution in [0.4, 0.5) is 0 Å². The number of hydrogen-bond acceptors (Lipinski definition) is 1. The average Bonchev–Trinajstić information content (AvgIpc) is 2.33. The van der Waals surface area contributed by atoms with Gasteiger partial charge in [-0.3, -0.25) is 4.79 Å². The van der Waals surface area contributed by atoms with Crippen LogP contribution in [-0.4, -0.2) is 23.2 Å². The van der Waals surface area contributed by atoms with Gasteiger partial charge in [0.25, 0.3) is 0 Å². The number of hydrogen-bond donors (Lipinski definition) is 0. The summed E-state index contributed by atoms with van der Waals surface area (Å²) in [6.45, 7) is 10.6. The molecule has 0 unspecified atom stereocenters. The average molecular weight is 254 g/mol. The van der Waals surface area contributed by atoms with Gasteiger partial charge in [0.2, 0.25) is 5.91 Å². The number of rotatable bonds is 4. The predicted molar refractivity (Wildman–Crippen MR) is 72.9 cm³/mol. The van der Waals surface area contributed by atoms with Gasteiger partial charge in [0.05, 0.1) is 0 Å². The molecule has 1 amide bonds. The van der Waals surface area contributed by atoms with Gasteiger partial charge in [-0.1, -0.05) is 11.6 Å². The summed E-state index contributed by atoms with van der Waals surface area (Å²) in [5.74, 6) is -0.0277. The Kier molecular flexibility index (Phi) is 5.01. The second kappa shape index (κ2) is 6.06. The van der Waals surface area contributed by atoms with Gasteiger partial charge in [0, 0.05) is 12.2 Å². The molecule has 1 aliphatic carbocycles. The van der Waals surface area contributed by atoms with Crippen LogP contribution in [0.3, 0.4) is 0 Å². The Bertz CT molecular complexity index is 393. The van der Waals surface area contributed by atoms with E-state index in [9.17, 15) is 4.79 Å². The number of halogens is 1. The SMILES string of the molecule is C=CCN(C(=O)CCl)C1=C(C)C(C)=C(C)CC1. The smallest absolute Gasteiger partial charge is 0.241 e. The fraction of sp³-hybridized carbons (Fsp3) is 0.500. The Hall–Kier alpha value is -1.02. The van der Waals surface area contributed by atoms with Gasteiger partial charge < -0.3 is 4.90 Å². The third-order valence-electron chi connectivity index (χ3n) is 3.43. The Balaban J connectivity index is 3.11. The van der Waals surface area contributed by atoms with Crippen LogP contribution in [0.1, 0.15) is 33.6 Å². The van der Waals surface area contributed by atoms with Crippen LogP contribution in [0.25, 0.3) is 0 Å². The molecule has 0 N–H and O–H groups in total. The van der Waals surface area contributed by atoms with E-state index in [4.69, 9.17) is 11.6 Å². The Morgan fingerprint density at radius 1 is 1.35 bits per heavy atom. The van der Waals surface area contributed by atoms with Crippen molar-refractivity contribution in [2.24, 2.45) is 0 Å². The number of nitrogens with zero attached hydrogens (tertiary/aromatic N) is 1. The number of alkyl halides is 1. The molecule has 17 heavy (non-hydrogen) atoms. The largest absolute Gasteiger partial charge is 0.311 e. The van der Waals surface area contributed by atoms with Crippen LogP contribution >= 0.6 is 11.6 Å². The van der Waals surface area contributed by atoms with E-state index in [1.165, 1.54) is 16.7 Å². The summed E-state index contributed by atoms with van der Waals surface area (Å²) >= 11 is 5.65. The van der Waals surface area contributed by atoms with E-state index in [1.807, 2.05) is 0 Å². The van der Waals surface area contributed by atoms with Crippen molar-refractivity contribution in [2.45, 2.75) is 33.6 Å². The molecule has 0 aromatic heterocycles. The zero-order valence-electron chi connectivity index (χ0n) is 10.8. The standard InChI is InChI=1S/C14H20ClNO/c1-5-8-16(14(17)9-15)13-7-6-10(2)11(3)12(13)4/h5H,1,6-9H2,2-4H3. The van der Waals surface area contributed by atoms with Crippen LogP contribution in [-0.2, 0) is 4.79 Å². The molecule has 1 aliphatic rings. The second-order valence-electron chi connectivity index (χ2n) is 4.40. The van der Waals surface area contributed by atoms with Crippen molar-refractivity contribution >= 4 is 17.5 Å². The molecular formula is C14H20ClNO. The molecule has 0 spiro atoms. The van der Waals surface area contributed by atoms with Crippen molar-refractivity contribution in [3.63, 3.8) is 0 Å². The molecular weight excluding hydrogens is 234 g/mol. The summed E-state index contributed by atoms with van der Waals surface area (Å²) in [4.78, 5) is 13.6. The highest BCUT2D eigenvalue weighted by molar-refractivity contribution is 6.27. The molecule has 3 heteroatoms. The van der Waals surface area contributed by atoms with Gasteiger partial charge >= 0.3 is 0 Å². The summed E-state index contributed by atoms with van der Waals surface area (Å²) in [5, 5.41) is 0. The molecule has 0 atom stereocenters. The highest BCUT2D eigenvalue weighted by Crippen LogP contribution is 2.31. The molecule has 0 heterocycles. The van der Waals surface area contributed by atoms with Crippen molar-refractivity contribution in [1.82, 2.24) is 4.90 Å². The van der Waals surface area contributed by atoms with Crippen LogP contribution in [0, 0.1) is 0 Å². The zero-order valence-corrected chi connectivity index (χ0v) is 11.6. The van der Waals surface area contributed by atoms with E-state index in [0.717, 1.165) is 18.5 Å². The highest BCUT2D eigenvalue weighted by Gasteiger charge is 2.21. The monoisotopic (exact) mass is 253 g/mol. The fourth-order valence-electron chi connectivity index (χ4n) is 2.12. The Labute approximate surface area is 109 Å². The van der Waals surface area contributed by atoms with Gasteiger partial charge in [0.1, 0.15) is 5.88 Å². The Morgan fingerprint density at radius 2 is 2.00 bits per heavy atom. The minimum absolute atomic E-state index is 0.0202. The molecule has 0 fully saturated rings. The second-order valence-corrected chi connectivity index (χ2v) is 4.67. The van der Waals surface area contributed by atoms with E-state index in [1.54, 1.807) is 11.0 Å². The maximum atomic E-state index is 11.8. The van der Waals surface area contributed by atoms with Crippen LogP contribution in [0.2, 0.25) is 0 Å². The molecule has 1 rings (SSSR count). The molecule has 94 valence electrons. The minimum Gasteiger partial charge on any atom is -0.311 e. The lowest BCUT2D eigenvalue weighted by molar-refractivity contribution is -0.126. The normalized spacial score (nSPS) is 16.2. The fourth-order valence-corrected chi connectivity index (χ4v) is 2.26. The number of allylic oxidation sites excluding steroid dienone is 4. The molecule has 2 nitrogen and oxygen atoms in total. The first kappa shape index (κ1) is 14.0. The summed E-state index contributed by atoms with van der Waals surface area (Å²) in [7, 11) is 0. The maximum absolute atomic E-state index is 11.8. The van der Waals surface area contributed by atoms with Gasteiger partial charge in [-0.2, -0.15) is 0 Å². The van der Waals surface area contributed by atoms with Crippen molar-refractivity contribution in [1.29, 1.82) is 0 Å². The Morgan fingerprint density at radius 3 is 2.53 bits per heavy atom. The maximum Gasteiger partial charge on any atom is 0.241 e. The summed E-state index contributed by atoms with van der Waals surface area (Å²) in [6, 6.07) is 0. The zero-order chi connectivity index (χ0) is 13.0. The van der Waals surface area contributed by atoms with Crippen LogP contribution < -0.4 is 0 Å². The quantitative estimate of drug-likeness (QED) is 0.553. The van der Waals surface area contributed by atoms with Crippen LogP contribution in [0.15, 0.2) is 35.1 Å². The third kappa shape index (κ3) is 3.01. The summed E-state index contributed by atoms with van der Waals surface area (Å²) in [6.07, 6.45) is 3.67. The third-order valence-corrected chi connectivity index (χ3v) is 3.65. The first-order valence-electron chi connectivity index (χ1n) is 5.86. The molecule has 0 saturated carbocycles. The minimum atomic E-state index is -0.0479. The first-order valence-corrected chi connectivity index (χ1v) is 6.40. The lowest BCUT2D eigenvalue weighted by Crippen LogP contribution is -2.33. The number of amides is 1. The first-order chi connectivity index (χ1) is 8.02. The predicted octanol–water partition coefficient (Wildman–Crippen LogP) is 3.64. The molecule has 0 aromatic rings. The lowest BCUT2D eigenvalue weighted by Gasteiger charge is -2.30. The van der Waals surface area contributed by atoms with Crippen LogP contribution in [0.5, 0.6) is 0 Å². The summed E-state index contributed by atoms with van der Waals surface area (Å²) in [5.41, 5.74) is 5.00. The molecule has 0 aliphatic heterocycles. The summed E-state index contributed by atoms with van der Waals surface area (Å²) < 4.78 is 0. The van der Waals surface area contributed by atoms with Gasteiger partial charge in [-0.25, -0.2) is 0 Å². The molecule has 0 saturated heterocycles. The van der Waals surface area contributed by atoms with Gasteiger partial charge in [0.15, 0.2) is 0 Å². The molecule has 0 radical (unpaired) electrons. The van der Waals surface area contributed by atoms with E-state index in [-0.39, 0.29) is 11.8 Å². The topological polar surface area (TPSA) is 20.3 Å². The van der Waals surface area contributed by atoms with Crippen molar-refractivity contribution < 1.29 is 4.79 Å². The van der Waals surface area contributed by atoms with Crippen molar-refractivity contribution in [3.8, 4) is 0 Å². The molecule has 0 bridgehead atoms. The lowest BCUT2D eigenvalue weighted by atomic mass is 9.90. The van der Waals surface area contributed by atoms with Crippen molar-refractivity contribution in [3.05, 3.63) is 35.1 Å². The van der Waals surface area contributed by atoms with Gasteiger partial charge in [-0.05, 0) is 44.8 Å². The van der Waals surface area contributed by atoms with Crippen molar-refractivity contribution in [2.75, 3.05) is 12.4 Å². The van der Waals surface area contributed by atoms with E-state index < -0.39 is 0 Å². The van der Waals surface area contributed by atoms with E-state index in [2.05, 4.69) is 27.4 Å². The number of carbonyl (C=O) groups is 1. The van der Waals surface area contributed by atoms with E-state index in [0.29, 0.717) is 6.54 Å². The van der Waals surface area contributed by atoms with Gasteiger partial charge in [-0.15, -0.1) is 18.2 Å². The van der Waals surface area contributed by atoms with E-state index >= 15 is 0 Å². The highest BCUT2D eigenvalue weighted by atomic mass is 35.5.